The van der Waals surface area contributed by atoms with Gasteiger partial charge in [-0.1, -0.05) is 77.7 Å². The van der Waals surface area contributed by atoms with Crippen molar-refractivity contribution >= 4 is 5.97 Å². The predicted octanol–water partition coefficient (Wildman–Crippen LogP) is 6.02. The Balaban J connectivity index is 4.09. The van der Waals surface area contributed by atoms with Crippen LogP contribution < -0.4 is 0 Å². The fourth-order valence-corrected chi connectivity index (χ4v) is 3.85. The number of unbranched alkanes of at least 4 members (excludes halogenated alkanes) is 10. The van der Waals surface area contributed by atoms with E-state index < -0.39 is 0 Å². The number of aliphatic hydroxyl groups excluding tert-OH is 1. The Hall–Kier alpha value is -0.870. The number of nitrogens with zero attached hydrogens (tertiary/aromatic N) is 1. The van der Waals surface area contributed by atoms with Crippen LogP contribution in [0.2, 0.25) is 0 Å². The molecule has 0 radical (unpaired) electrons. The molecule has 0 aliphatic heterocycles. The molecule has 1 N–H and O–H groups in total. The van der Waals surface area contributed by atoms with E-state index in [0.29, 0.717) is 12.1 Å². The Bertz CT molecular complexity index is 432. The summed E-state index contributed by atoms with van der Waals surface area (Å²) in [7, 11) is 4.24. The Kier molecular flexibility index (Phi) is 16.4. The first-order valence-electron chi connectivity index (χ1n) is 12.0. The molecule has 0 saturated carbocycles. The normalized spacial score (nSPS) is 13.9. The zero-order valence-corrected chi connectivity index (χ0v) is 20.2. The highest BCUT2D eigenvalue weighted by atomic mass is 16.5. The van der Waals surface area contributed by atoms with Gasteiger partial charge >= 0.3 is 5.97 Å². The van der Waals surface area contributed by atoms with Crippen LogP contribution in [-0.4, -0.2) is 55.0 Å². The second kappa shape index (κ2) is 16.9. The van der Waals surface area contributed by atoms with Crippen molar-refractivity contribution in [3.05, 3.63) is 12.2 Å². The molecule has 4 nitrogen and oxygen atoms in total. The molecule has 0 aromatic carbocycles. The highest BCUT2D eigenvalue weighted by Gasteiger charge is 2.22. The van der Waals surface area contributed by atoms with Crippen LogP contribution in [0, 0.1) is 0 Å². The lowest BCUT2D eigenvalue weighted by Gasteiger charge is -2.32. The maximum Gasteiger partial charge on any atom is 0.333 e. The van der Waals surface area contributed by atoms with Crippen LogP contribution in [0.5, 0.6) is 0 Å². The average Bonchev–Trinajstić information content (AvgIpc) is 2.62. The number of carbonyl (C=O) groups excluding carboxylic acids is 1. The first-order valence-corrected chi connectivity index (χ1v) is 12.0. The number of ether oxygens (including phenoxy) is 1. The van der Waals surface area contributed by atoms with Crippen molar-refractivity contribution in [1.29, 1.82) is 0 Å². The zero-order valence-electron chi connectivity index (χ0n) is 20.2. The van der Waals surface area contributed by atoms with E-state index in [1.54, 1.807) is 6.92 Å². The largest absolute Gasteiger partial charge is 0.459 e. The molecule has 0 aromatic rings. The van der Waals surface area contributed by atoms with E-state index in [1.165, 1.54) is 64.2 Å². The van der Waals surface area contributed by atoms with E-state index in [9.17, 15) is 9.90 Å². The Morgan fingerprint density at radius 2 is 1.41 bits per heavy atom. The summed E-state index contributed by atoms with van der Waals surface area (Å²) in [5.74, 6) is -0.279. The monoisotopic (exact) mass is 412 g/mol. The van der Waals surface area contributed by atoms with Crippen molar-refractivity contribution in [3.63, 3.8) is 0 Å². The average molecular weight is 413 g/mol. The van der Waals surface area contributed by atoms with E-state index in [0.717, 1.165) is 30.3 Å². The van der Waals surface area contributed by atoms with Crippen LogP contribution in [0.4, 0.5) is 0 Å². The quantitative estimate of drug-likeness (QED) is 0.122. The molecular weight excluding hydrogens is 362 g/mol. The number of hydrogen-bond donors (Lipinski definition) is 1. The van der Waals surface area contributed by atoms with Crippen LogP contribution in [-0.2, 0) is 9.53 Å². The lowest BCUT2D eigenvalue weighted by molar-refractivity contribution is -0.893. The summed E-state index contributed by atoms with van der Waals surface area (Å²) in [4.78, 5) is 12.0. The number of hydrogen-bond acceptors (Lipinski definition) is 3. The van der Waals surface area contributed by atoms with Gasteiger partial charge in [-0.15, -0.1) is 0 Å². The van der Waals surface area contributed by atoms with Gasteiger partial charge in [0, 0.05) is 12.0 Å². The number of aliphatic hydroxyl groups is 1. The number of rotatable bonds is 19. The number of likely N-dealkylation sites (N-methyl/N-ethyl adjacent to an activating group) is 1. The molecule has 2 unspecified atom stereocenters. The molecule has 172 valence electrons. The summed E-state index contributed by atoms with van der Waals surface area (Å²) in [5, 5.41) is 9.67. The van der Waals surface area contributed by atoms with Gasteiger partial charge in [0.1, 0.15) is 18.8 Å². The topological polar surface area (TPSA) is 46.5 Å². The molecule has 0 rings (SSSR count). The Morgan fingerprint density at radius 1 is 0.931 bits per heavy atom. The van der Waals surface area contributed by atoms with E-state index >= 15 is 0 Å². The third-order valence-electron chi connectivity index (χ3n) is 5.57. The van der Waals surface area contributed by atoms with Gasteiger partial charge in [-0.3, -0.25) is 0 Å². The minimum absolute atomic E-state index is 0.0517. The fraction of sp³-hybridized carbons (Fsp3) is 0.880. The van der Waals surface area contributed by atoms with E-state index in [-0.39, 0.29) is 18.2 Å². The summed E-state index contributed by atoms with van der Waals surface area (Å²) in [6, 6.07) is 0. The molecule has 0 bridgehead atoms. The molecule has 2 atom stereocenters. The molecule has 29 heavy (non-hydrogen) atoms. The summed E-state index contributed by atoms with van der Waals surface area (Å²) >= 11 is 0. The molecule has 4 heteroatoms. The Morgan fingerprint density at radius 3 is 1.86 bits per heavy atom. The van der Waals surface area contributed by atoms with Crippen LogP contribution in [0.1, 0.15) is 104 Å². The second-order valence-corrected chi connectivity index (χ2v) is 9.61. The van der Waals surface area contributed by atoms with E-state index in [1.807, 2.05) is 6.92 Å². The highest BCUT2D eigenvalue weighted by Crippen LogP contribution is 2.17. The van der Waals surface area contributed by atoms with Crippen LogP contribution >= 0.6 is 0 Å². The number of quaternary nitrogens is 1. The molecule has 0 fully saturated rings. The number of esters is 1. The van der Waals surface area contributed by atoms with Crippen LogP contribution in [0.25, 0.3) is 0 Å². The maximum absolute atomic E-state index is 12.0. The van der Waals surface area contributed by atoms with Gasteiger partial charge in [0.25, 0.3) is 0 Å². The molecule has 0 aromatic heterocycles. The lowest BCUT2D eigenvalue weighted by atomic mass is 10.0. The van der Waals surface area contributed by atoms with Crippen LogP contribution in [0.15, 0.2) is 12.2 Å². The zero-order chi connectivity index (χ0) is 22.1. The van der Waals surface area contributed by atoms with E-state index in [4.69, 9.17) is 4.74 Å². The predicted molar refractivity (Wildman–Crippen MR) is 124 cm³/mol. The second-order valence-electron chi connectivity index (χ2n) is 9.61. The van der Waals surface area contributed by atoms with Gasteiger partial charge in [0.05, 0.1) is 20.6 Å². The Labute approximate surface area is 181 Å². The van der Waals surface area contributed by atoms with Crippen molar-refractivity contribution in [2.45, 2.75) is 116 Å². The van der Waals surface area contributed by atoms with Gasteiger partial charge < -0.3 is 14.3 Å². The molecular formula is C25H50NO3+. The van der Waals surface area contributed by atoms with E-state index in [2.05, 4.69) is 27.6 Å². The minimum atomic E-state index is -0.326. The molecule has 0 heterocycles. The van der Waals surface area contributed by atoms with Gasteiger partial charge in [0.2, 0.25) is 0 Å². The van der Waals surface area contributed by atoms with Crippen molar-refractivity contribution < 1.29 is 19.1 Å². The van der Waals surface area contributed by atoms with Crippen molar-refractivity contribution in [1.82, 2.24) is 0 Å². The van der Waals surface area contributed by atoms with Gasteiger partial charge in [-0.05, 0) is 26.7 Å². The first kappa shape index (κ1) is 28.1. The maximum atomic E-state index is 12.0. The van der Waals surface area contributed by atoms with Crippen molar-refractivity contribution in [2.75, 3.05) is 27.2 Å². The molecule has 0 saturated heterocycles. The standard InChI is InChI=1S/C25H50NO3/c1-7-8-9-10-11-12-13-14-15-16-17-18-24(29-25(28)22(2)3)19-20-26(5,6)21-23(4)27/h23-24,27H,2,7-21H2,1,3-6H3/q+1. The highest BCUT2D eigenvalue weighted by molar-refractivity contribution is 5.87. The van der Waals surface area contributed by atoms with Crippen molar-refractivity contribution in [2.24, 2.45) is 0 Å². The third kappa shape index (κ3) is 17.7. The minimum Gasteiger partial charge on any atom is -0.459 e. The van der Waals surface area contributed by atoms with Gasteiger partial charge in [-0.2, -0.15) is 0 Å². The van der Waals surface area contributed by atoms with Gasteiger partial charge in [0.15, 0.2) is 0 Å². The summed E-state index contributed by atoms with van der Waals surface area (Å²) < 4.78 is 6.43. The summed E-state index contributed by atoms with van der Waals surface area (Å²) in [6.45, 7) is 11.1. The number of carbonyl (C=O) groups is 1. The summed E-state index contributed by atoms with van der Waals surface area (Å²) in [6.07, 6.45) is 15.9. The SMILES string of the molecule is C=C(C)C(=O)OC(CCCCCCCCCCCCC)CC[N+](C)(C)CC(C)O. The molecule has 0 aliphatic carbocycles. The smallest absolute Gasteiger partial charge is 0.333 e. The fourth-order valence-electron chi connectivity index (χ4n) is 3.85. The summed E-state index contributed by atoms with van der Waals surface area (Å²) in [5.41, 5.74) is 0.465. The van der Waals surface area contributed by atoms with Crippen LogP contribution in [0.3, 0.4) is 0 Å². The first-order chi connectivity index (χ1) is 13.7. The third-order valence-corrected chi connectivity index (χ3v) is 5.57. The van der Waals surface area contributed by atoms with Crippen molar-refractivity contribution in [3.8, 4) is 0 Å². The molecule has 0 amide bonds. The molecule has 0 spiro atoms. The molecule has 0 aliphatic rings. The lowest BCUT2D eigenvalue weighted by Crippen LogP contribution is -2.46. The van der Waals surface area contributed by atoms with Gasteiger partial charge in [-0.25, -0.2) is 4.79 Å².